The summed E-state index contributed by atoms with van der Waals surface area (Å²) < 4.78 is 30.2. The maximum atomic E-state index is 12.7. The molecule has 0 fully saturated rings. The molecule has 1 heterocycles. The van der Waals surface area contributed by atoms with Crippen LogP contribution < -0.4 is 5.73 Å². The van der Waals surface area contributed by atoms with Crippen molar-refractivity contribution in [3.63, 3.8) is 0 Å². The Labute approximate surface area is 97.8 Å². The first-order chi connectivity index (χ1) is 8.02. The van der Waals surface area contributed by atoms with Gasteiger partial charge in [-0.15, -0.1) is 0 Å². The van der Waals surface area contributed by atoms with Crippen LogP contribution in [0.25, 0.3) is 0 Å². The second-order valence-corrected chi connectivity index (χ2v) is 3.41. The van der Waals surface area contributed by atoms with Crippen LogP contribution in [0.5, 0.6) is 0 Å². The molecule has 0 amide bonds. The van der Waals surface area contributed by atoms with E-state index < -0.39 is 18.1 Å². The molecule has 0 saturated heterocycles. The molecule has 1 aromatic rings. The third-order valence-corrected chi connectivity index (χ3v) is 2.29. The van der Waals surface area contributed by atoms with Crippen molar-refractivity contribution >= 4 is 5.97 Å². The van der Waals surface area contributed by atoms with Crippen LogP contribution in [-0.2, 0) is 11.3 Å². The van der Waals surface area contributed by atoms with Gasteiger partial charge in [0.1, 0.15) is 5.69 Å². The summed E-state index contributed by atoms with van der Waals surface area (Å²) in [5.74, 6) is -0.644. The maximum Gasteiger partial charge on any atom is 0.338 e. The average Bonchev–Trinajstić information content (AvgIpc) is 2.28. The molecule has 1 aromatic heterocycles. The van der Waals surface area contributed by atoms with Crippen LogP contribution in [0.3, 0.4) is 0 Å². The number of nitrogens with two attached hydrogens (primary N) is 1. The van der Waals surface area contributed by atoms with Crippen molar-refractivity contribution in [1.29, 1.82) is 0 Å². The molecule has 94 valence electrons. The Kier molecular flexibility index (Phi) is 4.51. The van der Waals surface area contributed by atoms with E-state index in [2.05, 4.69) is 4.98 Å². The Morgan fingerprint density at radius 3 is 2.71 bits per heavy atom. The van der Waals surface area contributed by atoms with Gasteiger partial charge in [0, 0.05) is 18.3 Å². The van der Waals surface area contributed by atoms with Gasteiger partial charge in [0.2, 0.25) is 0 Å². The van der Waals surface area contributed by atoms with Crippen LogP contribution in [0, 0.1) is 6.92 Å². The van der Waals surface area contributed by atoms with Crippen molar-refractivity contribution in [2.24, 2.45) is 5.73 Å². The first kappa shape index (κ1) is 13.5. The second-order valence-electron chi connectivity index (χ2n) is 3.41. The maximum absolute atomic E-state index is 12.7. The minimum atomic E-state index is -2.76. The van der Waals surface area contributed by atoms with Crippen LogP contribution in [0.2, 0.25) is 0 Å². The molecule has 2 N–H and O–H groups in total. The van der Waals surface area contributed by atoms with Gasteiger partial charge in [-0.25, -0.2) is 13.6 Å². The Balaban J connectivity index is 3.35. The van der Waals surface area contributed by atoms with Crippen molar-refractivity contribution < 1.29 is 18.3 Å². The van der Waals surface area contributed by atoms with Crippen LogP contribution in [0.4, 0.5) is 8.78 Å². The Morgan fingerprint density at radius 2 is 2.24 bits per heavy atom. The molecule has 6 heteroatoms. The van der Waals surface area contributed by atoms with E-state index in [9.17, 15) is 13.6 Å². The number of halogens is 2. The second kappa shape index (κ2) is 5.67. The number of esters is 1. The summed E-state index contributed by atoms with van der Waals surface area (Å²) in [5.41, 5.74) is 5.58. The quantitative estimate of drug-likeness (QED) is 0.822. The molecule has 0 spiro atoms. The number of aromatic nitrogens is 1. The van der Waals surface area contributed by atoms with E-state index in [0.29, 0.717) is 5.56 Å². The molecule has 0 unspecified atom stereocenters. The van der Waals surface area contributed by atoms with Crippen molar-refractivity contribution in [1.82, 2.24) is 4.98 Å². The van der Waals surface area contributed by atoms with Gasteiger partial charge in [-0.05, 0) is 19.4 Å². The molecular formula is C11H14F2N2O2. The van der Waals surface area contributed by atoms with Crippen molar-refractivity contribution in [2.45, 2.75) is 26.8 Å². The lowest BCUT2D eigenvalue weighted by atomic mass is 10.0. The number of rotatable bonds is 4. The number of hydrogen-bond donors (Lipinski definition) is 1. The zero-order valence-corrected chi connectivity index (χ0v) is 9.67. The number of pyridine rings is 1. The lowest BCUT2D eigenvalue weighted by Crippen LogP contribution is -2.16. The molecule has 0 saturated carbocycles. The van der Waals surface area contributed by atoms with E-state index >= 15 is 0 Å². The van der Waals surface area contributed by atoms with Crippen LogP contribution >= 0.6 is 0 Å². The summed E-state index contributed by atoms with van der Waals surface area (Å²) in [4.78, 5) is 15.3. The minimum Gasteiger partial charge on any atom is -0.462 e. The van der Waals surface area contributed by atoms with Crippen LogP contribution in [-0.4, -0.2) is 17.6 Å². The Hall–Kier alpha value is -1.56. The molecule has 0 atom stereocenters. The minimum absolute atomic E-state index is 0.0541. The highest BCUT2D eigenvalue weighted by Gasteiger charge is 2.23. The summed E-state index contributed by atoms with van der Waals surface area (Å²) in [5, 5.41) is 0. The molecule has 1 rings (SSSR count). The summed E-state index contributed by atoms with van der Waals surface area (Å²) in [6, 6.07) is 0. The highest BCUT2D eigenvalue weighted by molar-refractivity contribution is 5.92. The van der Waals surface area contributed by atoms with Gasteiger partial charge in [0.15, 0.2) is 0 Å². The Morgan fingerprint density at radius 1 is 1.59 bits per heavy atom. The van der Waals surface area contributed by atoms with Gasteiger partial charge in [0.05, 0.1) is 12.2 Å². The van der Waals surface area contributed by atoms with E-state index in [1.165, 1.54) is 6.20 Å². The molecule has 0 aliphatic carbocycles. The van der Waals surface area contributed by atoms with E-state index in [0.717, 1.165) is 0 Å². The monoisotopic (exact) mass is 244 g/mol. The van der Waals surface area contributed by atoms with Crippen molar-refractivity contribution in [3.8, 4) is 0 Å². The van der Waals surface area contributed by atoms with Crippen molar-refractivity contribution in [2.75, 3.05) is 6.61 Å². The van der Waals surface area contributed by atoms with Crippen LogP contribution in [0.15, 0.2) is 6.20 Å². The number of ether oxygens (including phenoxy) is 1. The topological polar surface area (TPSA) is 65.2 Å². The predicted molar refractivity (Wildman–Crippen MR) is 57.8 cm³/mol. The molecule has 17 heavy (non-hydrogen) atoms. The van der Waals surface area contributed by atoms with Gasteiger partial charge in [-0.1, -0.05) is 0 Å². The third kappa shape index (κ3) is 2.76. The zero-order valence-electron chi connectivity index (χ0n) is 9.67. The third-order valence-electron chi connectivity index (χ3n) is 2.29. The molecule has 4 nitrogen and oxygen atoms in total. The van der Waals surface area contributed by atoms with E-state index in [-0.39, 0.29) is 24.3 Å². The highest BCUT2D eigenvalue weighted by Crippen LogP contribution is 2.25. The number of alkyl halides is 2. The smallest absolute Gasteiger partial charge is 0.338 e. The molecular weight excluding hydrogens is 230 g/mol. The predicted octanol–water partition coefficient (Wildman–Crippen LogP) is 1.96. The van der Waals surface area contributed by atoms with Gasteiger partial charge >= 0.3 is 5.97 Å². The standard InChI is InChI=1S/C11H14F2N2O2/c1-3-17-11(16)8-6(2)5-15-9(10(12)13)7(8)4-14/h5,10H,3-4,14H2,1-2H3. The summed E-state index contributed by atoms with van der Waals surface area (Å²) in [6.07, 6.45) is -1.53. The number of nitrogens with zero attached hydrogens (tertiary/aromatic N) is 1. The van der Waals surface area contributed by atoms with Crippen LogP contribution in [0.1, 0.15) is 40.5 Å². The first-order valence-corrected chi connectivity index (χ1v) is 5.16. The SMILES string of the molecule is CCOC(=O)c1c(C)cnc(C(F)F)c1CN. The molecule has 0 bridgehead atoms. The van der Waals surface area contributed by atoms with Crippen molar-refractivity contribution in [3.05, 3.63) is 28.6 Å². The molecule has 0 aromatic carbocycles. The molecule has 0 radical (unpaired) electrons. The summed E-state index contributed by atoms with van der Waals surface area (Å²) in [6.45, 7) is 3.25. The fourth-order valence-electron chi connectivity index (χ4n) is 1.56. The van der Waals surface area contributed by atoms with Gasteiger partial charge in [0.25, 0.3) is 6.43 Å². The number of carbonyl (C=O) groups is 1. The number of hydrogen-bond acceptors (Lipinski definition) is 4. The lowest BCUT2D eigenvalue weighted by Gasteiger charge is -2.13. The van der Waals surface area contributed by atoms with E-state index in [1.54, 1.807) is 13.8 Å². The summed E-state index contributed by atoms with van der Waals surface area (Å²) in [7, 11) is 0. The lowest BCUT2D eigenvalue weighted by molar-refractivity contribution is 0.0523. The van der Waals surface area contributed by atoms with Gasteiger partial charge in [-0.3, -0.25) is 4.98 Å². The normalized spacial score (nSPS) is 10.7. The summed E-state index contributed by atoms with van der Waals surface area (Å²) >= 11 is 0. The molecule has 0 aliphatic rings. The Bertz CT molecular complexity index is 422. The highest BCUT2D eigenvalue weighted by atomic mass is 19.3. The van der Waals surface area contributed by atoms with E-state index in [1.807, 2.05) is 0 Å². The average molecular weight is 244 g/mol. The fourth-order valence-corrected chi connectivity index (χ4v) is 1.56. The van der Waals surface area contributed by atoms with Gasteiger partial charge < -0.3 is 10.5 Å². The largest absolute Gasteiger partial charge is 0.462 e. The first-order valence-electron chi connectivity index (χ1n) is 5.16. The number of carbonyl (C=O) groups excluding carboxylic acids is 1. The van der Waals surface area contributed by atoms with E-state index in [4.69, 9.17) is 10.5 Å². The number of aryl methyl sites for hydroxylation is 1. The fraction of sp³-hybridized carbons (Fsp3) is 0.455. The zero-order chi connectivity index (χ0) is 13.0. The molecule has 0 aliphatic heterocycles. The van der Waals surface area contributed by atoms with Gasteiger partial charge in [-0.2, -0.15) is 0 Å².